The van der Waals surface area contributed by atoms with Crippen LogP contribution in [0.3, 0.4) is 0 Å². The van der Waals surface area contributed by atoms with E-state index in [1.807, 2.05) is 0 Å². The molecule has 126 valence electrons. The highest BCUT2D eigenvalue weighted by atomic mass is 15.2. The highest BCUT2D eigenvalue weighted by molar-refractivity contribution is 4.87. The maximum absolute atomic E-state index is 3.87. The number of rotatable bonds is 9. The normalized spacial score (nSPS) is 24.3. The molecule has 0 amide bonds. The lowest BCUT2D eigenvalue weighted by Gasteiger charge is -2.41. The first kappa shape index (κ1) is 19.0. The molecule has 1 N–H and O–H groups in total. The van der Waals surface area contributed by atoms with Crippen LogP contribution in [-0.4, -0.2) is 36.1 Å². The minimum Gasteiger partial charge on any atom is -0.312 e. The SMILES string of the molecule is CCCCCN(C(C)C)C1CCCCCCC1NCCC. The van der Waals surface area contributed by atoms with Crippen LogP contribution < -0.4 is 5.32 Å². The van der Waals surface area contributed by atoms with Gasteiger partial charge < -0.3 is 5.32 Å². The van der Waals surface area contributed by atoms with E-state index < -0.39 is 0 Å². The molecule has 0 aromatic heterocycles. The highest BCUT2D eigenvalue weighted by Crippen LogP contribution is 2.24. The van der Waals surface area contributed by atoms with Crippen molar-refractivity contribution in [2.24, 2.45) is 0 Å². The quantitative estimate of drug-likeness (QED) is 0.604. The molecule has 21 heavy (non-hydrogen) atoms. The van der Waals surface area contributed by atoms with Gasteiger partial charge in [-0.05, 0) is 52.6 Å². The van der Waals surface area contributed by atoms with Crippen LogP contribution in [0.25, 0.3) is 0 Å². The molecule has 1 aliphatic carbocycles. The zero-order chi connectivity index (χ0) is 15.5. The lowest BCUT2D eigenvalue weighted by molar-refractivity contribution is 0.0993. The van der Waals surface area contributed by atoms with Gasteiger partial charge in [-0.25, -0.2) is 0 Å². The lowest BCUT2D eigenvalue weighted by atomic mass is 9.90. The Morgan fingerprint density at radius 3 is 2.29 bits per heavy atom. The van der Waals surface area contributed by atoms with Crippen molar-refractivity contribution in [2.75, 3.05) is 13.1 Å². The molecule has 0 aromatic carbocycles. The Morgan fingerprint density at radius 1 is 0.952 bits per heavy atom. The molecular weight excluding hydrogens is 256 g/mol. The van der Waals surface area contributed by atoms with E-state index >= 15 is 0 Å². The third kappa shape index (κ3) is 7.15. The zero-order valence-corrected chi connectivity index (χ0v) is 15.2. The minimum atomic E-state index is 0.678. The van der Waals surface area contributed by atoms with E-state index in [9.17, 15) is 0 Å². The van der Waals surface area contributed by atoms with Crippen LogP contribution in [0.4, 0.5) is 0 Å². The summed E-state index contributed by atoms with van der Waals surface area (Å²) in [5.41, 5.74) is 0. The molecule has 0 bridgehead atoms. The standard InChI is InChI=1S/C19H40N2/c1-5-7-12-16-21(17(3)4)19-14-11-9-8-10-13-18(19)20-15-6-2/h17-20H,5-16H2,1-4H3. The van der Waals surface area contributed by atoms with Crippen molar-refractivity contribution in [3.63, 3.8) is 0 Å². The van der Waals surface area contributed by atoms with Crippen molar-refractivity contribution in [3.8, 4) is 0 Å². The van der Waals surface area contributed by atoms with Crippen LogP contribution in [0.15, 0.2) is 0 Å². The van der Waals surface area contributed by atoms with Gasteiger partial charge in [-0.15, -0.1) is 0 Å². The first-order chi connectivity index (χ1) is 10.2. The molecule has 0 aliphatic heterocycles. The molecular formula is C19H40N2. The number of nitrogens with one attached hydrogen (secondary N) is 1. The highest BCUT2D eigenvalue weighted by Gasteiger charge is 2.28. The number of hydrogen-bond acceptors (Lipinski definition) is 2. The largest absolute Gasteiger partial charge is 0.312 e. The summed E-state index contributed by atoms with van der Waals surface area (Å²) in [4.78, 5) is 2.81. The average Bonchev–Trinajstić information content (AvgIpc) is 2.44. The maximum atomic E-state index is 3.87. The molecule has 1 rings (SSSR count). The zero-order valence-electron chi connectivity index (χ0n) is 15.2. The Labute approximate surface area is 134 Å². The molecule has 0 spiro atoms. The second-order valence-electron chi connectivity index (χ2n) is 7.16. The molecule has 0 heterocycles. The van der Waals surface area contributed by atoms with E-state index in [-0.39, 0.29) is 0 Å². The van der Waals surface area contributed by atoms with E-state index in [1.165, 1.54) is 77.3 Å². The van der Waals surface area contributed by atoms with E-state index in [0.29, 0.717) is 12.1 Å². The third-order valence-corrected chi connectivity index (χ3v) is 5.00. The first-order valence-corrected chi connectivity index (χ1v) is 9.69. The molecule has 1 fully saturated rings. The molecule has 2 nitrogen and oxygen atoms in total. The van der Waals surface area contributed by atoms with Crippen molar-refractivity contribution in [1.82, 2.24) is 10.2 Å². The van der Waals surface area contributed by atoms with Crippen LogP contribution in [0, 0.1) is 0 Å². The van der Waals surface area contributed by atoms with Gasteiger partial charge in [0.1, 0.15) is 0 Å². The van der Waals surface area contributed by atoms with Gasteiger partial charge >= 0.3 is 0 Å². The molecule has 2 unspecified atom stereocenters. The molecule has 1 aliphatic rings. The predicted octanol–water partition coefficient (Wildman–Crippen LogP) is 4.98. The predicted molar refractivity (Wildman–Crippen MR) is 94.9 cm³/mol. The topological polar surface area (TPSA) is 15.3 Å². The number of nitrogens with zero attached hydrogens (tertiary/aromatic N) is 1. The second kappa shape index (κ2) is 11.5. The van der Waals surface area contributed by atoms with Gasteiger partial charge in [-0.1, -0.05) is 52.4 Å². The minimum absolute atomic E-state index is 0.678. The molecule has 2 atom stereocenters. The summed E-state index contributed by atoms with van der Waals surface area (Å²) < 4.78 is 0. The fraction of sp³-hybridized carbons (Fsp3) is 1.00. The summed E-state index contributed by atoms with van der Waals surface area (Å²) in [5, 5.41) is 3.87. The Hall–Kier alpha value is -0.0800. The first-order valence-electron chi connectivity index (χ1n) is 9.69. The summed E-state index contributed by atoms with van der Waals surface area (Å²) in [7, 11) is 0. The summed E-state index contributed by atoms with van der Waals surface area (Å²) >= 11 is 0. The van der Waals surface area contributed by atoms with Crippen LogP contribution in [0.2, 0.25) is 0 Å². The van der Waals surface area contributed by atoms with Gasteiger partial charge in [0.05, 0.1) is 0 Å². The number of hydrogen-bond donors (Lipinski definition) is 1. The number of unbranched alkanes of at least 4 members (excludes halogenated alkanes) is 2. The maximum Gasteiger partial charge on any atom is 0.0252 e. The Balaban J connectivity index is 2.69. The van der Waals surface area contributed by atoms with Crippen LogP contribution >= 0.6 is 0 Å². The lowest BCUT2D eigenvalue weighted by Crippen LogP contribution is -2.53. The van der Waals surface area contributed by atoms with Crippen LogP contribution in [0.5, 0.6) is 0 Å². The Morgan fingerprint density at radius 2 is 1.67 bits per heavy atom. The Bertz CT molecular complexity index is 238. The van der Waals surface area contributed by atoms with E-state index in [1.54, 1.807) is 0 Å². The van der Waals surface area contributed by atoms with Gasteiger partial charge in [0, 0.05) is 18.1 Å². The van der Waals surface area contributed by atoms with E-state index in [4.69, 9.17) is 0 Å². The summed E-state index contributed by atoms with van der Waals surface area (Å²) in [6.07, 6.45) is 13.8. The fourth-order valence-electron chi connectivity index (χ4n) is 3.78. The fourth-order valence-corrected chi connectivity index (χ4v) is 3.78. The molecule has 2 heteroatoms. The van der Waals surface area contributed by atoms with Crippen molar-refractivity contribution in [1.29, 1.82) is 0 Å². The van der Waals surface area contributed by atoms with Gasteiger partial charge in [-0.2, -0.15) is 0 Å². The average molecular weight is 297 g/mol. The van der Waals surface area contributed by atoms with Crippen molar-refractivity contribution >= 4 is 0 Å². The van der Waals surface area contributed by atoms with E-state index in [0.717, 1.165) is 6.04 Å². The smallest absolute Gasteiger partial charge is 0.0252 e. The van der Waals surface area contributed by atoms with Crippen LogP contribution in [0.1, 0.15) is 91.9 Å². The summed E-state index contributed by atoms with van der Waals surface area (Å²) in [6.45, 7) is 11.8. The van der Waals surface area contributed by atoms with Gasteiger partial charge in [0.25, 0.3) is 0 Å². The van der Waals surface area contributed by atoms with E-state index in [2.05, 4.69) is 37.9 Å². The molecule has 0 saturated heterocycles. The summed E-state index contributed by atoms with van der Waals surface area (Å²) in [5.74, 6) is 0. The van der Waals surface area contributed by atoms with Crippen molar-refractivity contribution in [3.05, 3.63) is 0 Å². The molecule has 1 saturated carbocycles. The van der Waals surface area contributed by atoms with Crippen molar-refractivity contribution < 1.29 is 0 Å². The van der Waals surface area contributed by atoms with Gasteiger partial charge in [0.2, 0.25) is 0 Å². The third-order valence-electron chi connectivity index (χ3n) is 5.00. The second-order valence-corrected chi connectivity index (χ2v) is 7.16. The Kier molecular flexibility index (Phi) is 10.4. The monoisotopic (exact) mass is 296 g/mol. The molecule has 0 aromatic rings. The molecule has 0 radical (unpaired) electrons. The van der Waals surface area contributed by atoms with Crippen molar-refractivity contribution in [2.45, 2.75) is 110 Å². The van der Waals surface area contributed by atoms with Gasteiger partial charge in [0.15, 0.2) is 0 Å². The van der Waals surface area contributed by atoms with Crippen LogP contribution in [-0.2, 0) is 0 Å². The van der Waals surface area contributed by atoms with Gasteiger partial charge in [-0.3, -0.25) is 4.90 Å². The summed E-state index contributed by atoms with van der Waals surface area (Å²) in [6, 6.07) is 2.15.